The van der Waals surface area contributed by atoms with Crippen molar-refractivity contribution < 1.29 is 9.53 Å². The zero-order valence-corrected chi connectivity index (χ0v) is 19.8. The van der Waals surface area contributed by atoms with Crippen molar-refractivity contribution in [3.05, 3.63) is 28.8 Å². The maximum absolute atomic E-state index is 11.2. The fourth-order valence-corrected chi connectivity index (χ4v) is 3.08. The highest BCUT2D eigenvalue weighted by atomic mass is 35.5. The summed E-state index contributed by atoms with van der Waals surface area (Å²) in [5.41, 5.74) is 0.941. The third-order valence-corrected chi connectivity index (χ3v) is 4.77. The van der Waals surface area contributed by atoms with Crippen LogP contribution < -0.4 is 15.4 Å². The summed E-state index contributed by atoms with van der Waals surface area (Å²) in [6.07, 6.45) is 1.95. The number of aryl methyl sites for hydroxylation is 1. The minimum absolute atomic E-state index is 0.0480. The van der Waals surface area contributed by atoms with Crippen molar-refractivity contribution in [3.8, 4) is 5.75 Å². The van der Waals surface area contributed by atoms with Gasteiger partial charge in [0.15, 0.2) is 11.8 Å². The lowest BCUT2D eigenvalue weighted by Crippen LogP contribution is -2.09. The molecule has 0 bridgehead atoms. The summed E-state index contributed by atoms with van der Waals surface area (Å²) in [6, 6.07) is 5.34. The maximum Gasteiger partial charge on any atom is 0.228 e. The molecule has 0 saturated heterocycles. The number of carbonyl (C=O) groups is 1. The van der Waals surface area contributed by atoms with Crippen LogP contribution in [0.15, 0.2) is 23.4 Å². The minimum atomic E-state index is 0.0480. The van der Waals surface area contributed by atoms with Crippen LogP contribution in [0.2, 0.25) is 5.02 Å². The van der Waals surface area contributed by atoms with Gasteiger partial charge in [-0.2, -0.15) is 15.0 Å². The molecule has 10 heteroatoms. The molecule has 1 aromatic carbocycles. The van der Waals surface area contributed by atoms with Gasteiger partial charge >= 0.3 is 0 Å². The topological polar surface area (TPSA) is 89.0 Å². The zero-order valence-electron chi connectivity index (χ0n) is 17.4. The van der Waals surface area contributed by atoms with Gasteiger partial charge in [-0.3, -0.25) is 4.79 Å². The standard InChI is InChI=1S/C11H13ClO2S.C8H15N5S/c1-3-15-11(13)7-14-10-5-4-9(12)6-8(10)2;1-4-9-6-11-7(10-5-2)13-8(12-6)14-3/h4-6H,3,7H2,1-2H3;4-5H2,1-3H3,(H2,9,10,11,12,13). The molecule has 29 heavy (non-hydrogen) atoms. The lowest BCUT2D eigenvalue weighted by atomic mass is 10.2. The number of nitrogens with zero attached hydrogens (tertiary/aromatic N) is 3. The van der Waals surface area contributed by atoms with E-state index in [4.69, 9.17) is 16.3 Å². The molecule has 2 rings (SSSR count). The van der Waals surface area contributed by atoms with Crippen molar-refractivity contribution in [2.24, 2.45) is 0 Å². The van der Waals surface area contributed by atoms with Gasteiger partial charge in [0.1, 0.15) is 5.75 Å². The number of carbonyl (C=O) groups excluding carboxylic acids is 1. The normalized spacial score (nSPS) is 10.0. The number of thioether (sulfide) groups is 2. The Bertz CT molecular complexity index is 756. The molecular formula is C19H28ClN5O2S2. The number of anilines is 2. The van der Waals surface area contributed by atoms with Crippen LogP contribution in [0, 0.1) is 6.92 Å². The molecule has 2 N–H and O–H groups in total. The van der Waals surface area contributed by atoms with Gasteiger partial charge in [0.05, 0.1) is 0 Å². The second-order valence-corrected chi connectivity index (χ2v) is 8.06. The van der Waals surface area contributed by atoms with E-state index in [1.807, 2.05) is 40.0 Å². The Morgan fingerprint density at radius 2 is 1.72 bits per heavy atom. The average molecular weight is 458 g/mol. The lowest BCUT2D eigenvalue weighted by molar-refractivity contribution is -0.112. The van der Waals surface area contributed by atoms with Crippen molar-refractivity contribution in [2.45, 2.75) is 32.9 Å². The molecule has 0 fully saturated rings. The number of hydrogen-bond acceptors (Lipinski definition) is 9. The molecule has 0 radical (unpaired) electrons. The van der Waals surface area contributed by atoms with Gasteiger partial charge in [0, 0.05) is 18.1 Å². The number of ether oxygens (including phenoxy) is 1. The molecule has 2 aromatic rings. The van der Waals surface area contributed by atoms with E-state index in [-0.39, 0.29) is 11.7 Å². The quantitative estimate of drug-likeness (QED) is 0.517. The molecule has 0 amide bonds. The number of rotatable bonds is 9. The van der Waals surface area contributed by atoms with Crippen molar-refractivity contribution >= 4 is 52.1 Å². The van der Waals surface area contributed by atoms with Crippen LogP contribution >= 0.6 is 35.1 Å². The Balaban J connectivity index is 0.000000291. The fourth-order valence-electron chi connectivity index (χ4n) is 2.04. The van der Waals surface area contributed by atoms with Gasteiger partial charge < -0.3 is 15.4 Å². The highest BCUT2D eigenvalue weighted by molar-refractivity contribution is 8.13. The van der Waals surface area contributed by atoms with E-state index in [9.17, 15) is 4.79 Å². The predicted molar refractivity (Wildman–Crippen MR) is 125 cm³/mol. The monoisotopic (exact) mass is 457 g/mol. The van der Waals surface area contributed by atoms with Crippen molar-refractivity contribution in [1.29, 1.82) is 0 Å². The van der Waals surface area contributed by atoms with E-state index >= 15 is 0 Å². The van der Waals surface area contributed by atoms with Crippen LogP contribution in [0.25, 0.3) is 0 Å². The molecule has 7 nitrogen and oxygen atoms in total. The van der Waals surface area contributed by atoms with Gasteiger partial charge in [0.2, 0.25) is 17.0 Å². The van der Waals surface area contributed by atoms with E-state index in [1.165, 1.54) is 23.5 Å². The highest BCUT2D eigenvalue weighted by Crippen LogP contribution is 2.22. The molecular weight excluding hydrogens is 430 g/mol. The van der Waals surface area contributed by atoms with Crippen molar-refractivity contribution in [1.82, 2.24) is 15.0 Å². The summed E-state index contributed by atoms with van der Waals surface area (Å²) in [7, 11) is 0. The van der Waals surface area contributed by atoms with Crippen molar-refractivity contribution in [2.75, 3.05) is 42.3 Å². The van der Waals surface area contributed by atoms with Crippen LogP contribution in [-0.4, -0.2) is 51.8 Å². The number of nitrogens with one attached hydrogen (secondary N) is 2. The Hall–Kier alpha value is -1.71. The summed E-state index contributed by atoms with van der Waals surface area (Å²) in [4.78, 5) is 23.8. The Morgan fingerprint density at radius 3 is 2.21 bits per heavy atom. The second-order valence-electron chi connectivity index (χ2n) is 5.53. The molecule has 1 aromatic heterocycles. The number of benzene rings is 1. The van der Waals surface area contributed by atoms with E-state index in [0.29, 0.717) is 22.7 Å². The molecule has 0 saturated carbocycles. The third kappa shape index (κ3) is 10.0. The minimum Gasteiger partial charge on any atom is -0.485 e. The smallest absolute Gasteiger partial charge is 0.228 e. The van der Waals surface area contributed by atoms with Crippen LogP contribution in [0.3, 0.4) is 0 Å². The predicted octanol–water partition coefficient (Wildman–Crippen LogP) is 4.76. The summed E-state index contributed by atoms with van der Waals surface area (Å²) < 4.78 is 5.38. The average Bonchev–Trinajstić information content (AvgIpc) is 2.68. The molecule has 0 aliphatic rings. The first kappa shape index (κ1) is 25.3. The van der Waals surface area contributed by atoms with E-state index < -0.39 is 0 Å². The molecule has 1 heterocycles. The number of hydrogen-bond donors (Lipinski definition) is 2. The SMILES string of the molecule is CCNc1nc(NCC)nc(SC)n1.CCSC(=O)COc1ccc(Cl)cc1C. The maximum atomic E-state index is 11.2. The van der Waals surface area contributed by atoms with Gasteiger partial charge in [-0.05, 0) is 56.5 Å². The van der Waals surface area contributed by atoms with Gasteiger partial charge in [-0.25, -0.2) is 0 Å². The van der Waals surface area contributed by atoms with Crippen LogP contribution in [0.5, 0.6) is 5.75 Å². The molecule has 160 valence electrons. The molecule has 0 aliphatic carbocycles. The Kier molecular flexibility index (Phi) is 12.5. The molecule has 0 aliphatic heterocycles. The summed E-state index contributed by atoms with van der Waals surface area (Å²) in [6.45, 7) is 9.59. The van der Waals surface area contributed by atoms with Gasteiger partial charge in [-0.15, -0.1) is 0 Å². The lowest BCUT2D eigenvalue weighted by Gasteiger charge is -2.07. The fraction of sp³-hybridized carbons (Fsp3) is 0.474. The Labute approximate surface area is 186 Å². The number of halogens is 1. The van der Waals surface area contributed by atoms with Crippen molar-refractivity contribution in [3.63, 3.8) is 0 Å². The zero-order chi connectivity index (χ0) is 21.6. The first-order chi connectivity index (χ1) is 13.9. The highest BCUT2D eigenvalue weighted by Gasteiger charge is 2.05. The first-order valence-corrected chi connectivity index (χ1v) is 11.8. The summed E-state index contributed by atoms with van der Waals surface area (Å²) in [5.74, 6) is 2.75. The van der Waals surface area contributed by atoms with Crippen LogP contribution in [0.4, 0.5) is 11.9 Å². The van der Waals surface area contributed by atoms with Crippen LogP contribution in [-0.2, 0) is 4.79 Å². The second kappa shape index (κ2) is 14.3. The molecule has 0 unspecified atom stereocenters. The first-order valence-electron chi connectivity index (χ1n) is 9.25. The van der Waals surface area contributed by atoms with Gasteiger partial charge in [-0.1, -0.05) is 42.0 Å². The third-order valence-electron chi connectivity index (χ3n) is 3.26. The Morgan fingerprint density at radius 1 is 1.10 bits per heavy atom. The summed E-state index contributed by atoms with van der Waals surface area (Å²) >= 11 is 8.58. The van der Waals surface area contributed by atoms with Gasteiger partial charge in [0.25, 0.3) is 0 Å². The van der Waals surface area contributed by atoms with E-state index in [2.05, 4.69) is 25.6 Å². The van der Waals surface area contributed by atoms with E-state index in [1.54, 1.807) is 12.1 Å². The number of aromatic nitrogens is 3. The summed E-state index contributed by atoms with van der Waals surface area (Å²) in [5, 5.41) is 7.58. The van der Waals surface area contributed by atoms with Crippen LogP contribution in [0.1, 0.15) is 26.3 Å². The molecule has 0 atom stereocenters. The largest absolute Gasteiger partial charge is 0.485 e. The van der Waals surface area contributed by atoms with E-state index in [0.717, 1.165) is 29.6 Å². The molecule has 0 spiro atoms.